The van der Waals surface area contributed by atoms with E-state index in [9.17, 15) is 9.59 Å². The van der Waals surface area contributed by atoms with Gasteiger partial charge in [0.25, 0.3) is 5.91 Å². The lowest BCUT2D eigenvalue weighted by Crippen LogP contribution is -2.44. The molecule has 110 valence electrons. The number of benzene rings is 1. The summed E-state index contributed by atoms with van der Waals surface area (Å²) in [6.45, 7) is 3.26. The molecule has 2 aromatic rings. The van der Waals surface area contributed by atoms with Gasteiger partial charge in [0, 0.05) is 17.2 Å². The first kappa shape index (κ1) is 14.8. The van der Waals surface area contributed by atoms with Crippen molar-refractivity contribution in [1.29, 1.82) is 0 Å². The molecule has 0 saturated heterocycles. The molecule has 0 radical (unpaired) electrons. The van der Waals surface area contributed by atoms with Gasteiger partial charge in [0.15, 0.2) is 0 Å². The number of carbonyl (C=O) groups is 2. The number of amides is 1. The van der Waals surface area contributed by atoms with E-state index in [0.717, 1.165) is 5.56 Å². The zero-order valence-electron chi connectivity index (χ0n) is 11.8. The molecule has 0 unspecified atom stereocenters. The number of aromatic nitrogens is 1. The Morgan fingerprint density at radius 1 is 1.29 bits per heavy atom. The van der Waals surface area contributed by atoms with Crippen LogP contribution in [0.1, 0.15) is 30.8 Å². The van der Waals surface area contributed by atoms with Gasteiger partial charge in [-0.15, -0.1) is 0 Å². The van der Waals surface area contributed by atoms with E-state index in [1.165, 1.54) is 6.07 Å². The van der Waals surface area contributed by atoms with Gasteiger partial charge in [-0.3, -0.25) is 9.59 Å². The summed E-state index contributed by atoms with van der Waals surface area (Å²) in [5.74, 6) is -1.42. The van der Waals surface area contributed by atoms with Gasteiger partial charge in [0.05, 0.1) is 6.42 Å². The first-order valence-corrected chi connectivity index (χ1v) is 6.44. The minimum atomic E-state index is -0.983. The molecule has 21 heavy (non-hydrogen) atoms. The number of aliphatic carboxylic acids is 1. The quantitative estimate of drug-likeness (QED) is 0.880. The number of nitrogens with zero attached hydrogens (tertiary/aromatic N) is 1. The number of carboxylic acid groups (broad SMARTS) is 1. The van der Waals surface area contributed by atoms with E-state index in [1.807, 2.05) is 30.3 Å². The smallest absolute Gasteiger partial charge is 0.305 e. The zero-order valence-corrected chi connectivity index (χ0v) is 11.8. The molecule has 2 rings (SSSR count). The van der Waals surface area contributed by atoms with Crippen molar-refractivity contribution in [2.24, 2.45) is 0 Å². The first-order chi connectivity index (χ1) is 9.87. The third-order valence-electron chi connectivity index (χ3n) is 2.85. The molecular weight excluding hydrogens is 272 g/mol. The summed E-state index contributed by atoms with van der Waals surface area (Å²) < 4.78 is 5.02. The molecule has 0 aliphatic heterocycles. The Kier molecular flexibility index (Phi) is 4.07. The maximum Gasteiger partial charge on any atom is 0.305 e. The highest BCUT2D eigenvalue weighted by molar-refractivity contribution is 5.93. The van der Waals surface area contributed by atoms with E-state index in [2.05, 4.69) is 10.5 Å². The summed E-state index contributed by atoms with van der Waals surface area (Å²) in [5, 5.41) is 15.3. The molecule has 1 aromatic carbocycles. The van der Waals surface area contributed by atoms with Gasteiger partial charge in [-0.2, -0.15) is 0 Å². The molecule has 0 bridgehead atoms. The highest BCUT2D eigenvalue weighted by atomic mass is 16.5. The summed E-state index contributed by atoms with van der Waals surface area (Å²) in [5.41, 5.74) is 0.518. The maximum absolute atomic E-state index is 12.0. The van der Waals surface area contributed by atoms with Crippen LogP contribution in [0, 0.1) is 0 Å². The molecular formula is C15H16N2O4. The third kappa shape index (κ3) is 3.92. The van der Waals surface area contributed by atoms with Crippen LogP contribution in [-0.2, 0) is 4.79 Å². The normalized spacial score (nSPS) is 11.1. The lowest BCUT2D eigenvalue weighted by molar-refractivity contribution is -0.138. The van der Waals surface area contributed by atoms with Crippen molar-refractivity contribution in [3.63, 3.8) is 0 Å². The maximum atomic E-state index is 12.0. The molecule has 0 spiro atoms. The second-order valence-electron chi connectivity index (χ2n) is 5.35. The minimum Gasteiger partial charge on any atom is -0.481 e. The molecule has 0 atom stereocenters. The van der Waals surface area contributed by atoms with Crippen molar-refractivity contribution in [1.82, 2.24) is 10.5 Å². The summed E-state index contributed by atoms with van der Waals surface area (Å²) >= 11 is 0. The molecule has 6 nitrogen and oxygen atoms in total. The van der Waals surface area contributed by atoms with Gasteiger partial charge < -0.3 is 14.9 Å². The van der Waals surface area contributed by atoms with E-state index < -0.39 is 17.4 Å². The van der Waals surface area contributed by atoms with Gasteiger partial charge in [-0.1, -0.05) is 35.5 Å². The monoisotopic (exact) mass is 288 g/mol. The topological polar surface area (TPSA) is 92.4 Å². The van der Waals surface area contributed by atoms with Crippen LogP contribution in [0.3, 0.4) is 0 Å². The van der Waals surface area contributed by atoms with Gasteiger partial charge in [0.1, 0.15) is 5.69 Å². The Balaban J connectivity index is 2.11. The predicted octanol–water partition coefficient (Wildman–Crippen LogP) is 2.32. The molecule has 0 aliphatic carbocycles. The molecule has 6 heteroatoms. The fourth-order valence-electron chi connectivity index (χ4n) is 1.92. The lowest BCUT2D eigenvalue weighted by Gasteiger charge is -2.23. The van der Waals surface area contributed by atoms with Crippen LogP contribution in [0.15, 0.2) is 40.9 Å². The van der Waals surface area contributed by atoms with Crippen LogP contribution in [0.2, 0.25) is 0 Å². The molecule has 2 N–H and O–H groups in total. The zero-order chi connectivity index (χ0) is 15.5. The molecule has 0 aliphatic rings. The first-order valence-electron chi connectivity index (χ1n) is 6.44. The fourth-order valence-corrected chi connectivity index (χ4v) is 1.92. The second-order valence-corrected chi connectivity index (χ2v) is 5.35. The average Bonchev–Trinajstić information content (AvgIpc) is 2.87. The number of rotatable bonds is 5. The van der Waals surface area contributed by atoms with Crippen LogP contribution in [-0.4, -0.2) is 27.7 Å². The number of hydrogen-bond donors (Lipinski definition) is 2. The van der Waals surface area contributed by atoms with Gasteiger partial charge in [0.2, 0.25) is 5.76 Å². The highest BCUT2D eigenvalue weighted by Crippen LogP contribution is 2.19. The summed E-state index contributed by atoms with van der Waals surface area (Å²) in [4.78, 5) is 22.8. The molecule has 1 aromatic heterocycles. The van der Waals surface area contributed by atoms with Crippen LogP contribution < -0.4 is 5.32 Å². The van der Waals surface area contributed by atoms with E-state index in [0.29, 0.717) is 5.69 Å². The Morgan fingerprint density at radius 2 is 1.95 bits per heavy atom. The Hall–Kier alpha value is -2.63. The Labute approximate surface area is 121 Å². The van der Waals surface area contributed by atoms with Gasteiger partial charge in [-0.05, 0) is 13.8 Å². The van der Waals surface area contributed by atoms with E-state index >= 15 is 0 Å². The number of carboxylic acids is 1. The summed E-state index contributed by atoms with van der Waals surface area (Å²) in [6, 6.07) is 10.8. The van der Waals surface area contributed by atoms with Crippen LogP contribution in [0.4, 0.5) is 0 Å². The minimum absolute atomic E-state index is 0.0484. The van der Waals surface area contributed by atoms with Crippen molar-refractivity contribution in [2.75, 3.05) is 0 Å². The van der Waals surface area contributed by atoms with E-state index in [4.69, 9.17) is 9.63 Å². The van der Waals surface area contributed by atoms with Crippen LogP contribution >= 0.6 is 0 Å². The number of carbonyl (C=O) groups excluding carboxylic acids is 1. The van der Waals surface area contributed by atoms with Crippen LogP contribution in [0.5, 0.6) is 0 Å². The molecule has 1 amide bonds. The van der Waals surface area contributed by atoms with Crippen molar-refractivity contribution < 1.29 is 19.2 Å². The molecule has 1 heterocycles. The van der Waals surface area contributed by atoms with Crippen molar-refractivity contribution in [3.8, 4) is 11.3 Å². The van der Waals surface area contributed by atoms with Gasteiger partial charge >= 0.3 is 5.97 Å². The second kappa shape index (κ2) is 5.78. The van der Waals surface area contributed by atoms with E-state index in [1.54, 1.807) is 13.8 Å². The predicted molar refractivity (Wildman–Crippen MR) is 75.7 cm³/mol. The van der Waals surface area contributed by atoms with Crippen molar-refractivity contribution >= 4 is 11.9 Å². The SMILES string of the molecule is CC(C)(CC(=O)O)NC(=O)c1cc(-c2ccccc2)no1. The molecule has 0 saturated carbocycles. The highest BCUT2D eigenvalue weighted by Gasteiger charge is 2.26. The largest absolute Gasteiger partial charge is 0.481 e. The van der Waals surface area contributed by atoms with Crippen LogP contribution in [0.25, 0.3) is 11.3 Å². The Morgan fingerprint density at radius 3 is 2.57 bits per heavy atom. The lowest BCUT2D eigenvalue weighted by atomic mass is 10.0. The van der Waals surface area contributed by atoms with E-state index in [-0.39, 0.29) is 12.2 Å². The van der Waals surface area contributed by atoms with Gasteiger partial charge in [-0.25, -0.2) is 0 Å². The molecule has 0 fully saturated rings. The third-order valence-corrected chi connectivity index (χ3v) is 2.85. The average molecular weight is 288 g/mol. The summed E-state index contributed by atoms with van der Waals surface area (Å²) in [7, 11) is 0. The fraction of sp³-hybridized carbons (Fsp3) is 0.267. The van der Waals surface area contributed by atoms with Crippen molar-refractivity contribution in [2.45, 2.75) is 25.8 Å². The number of hydrogen-bond acceptors (Lipinski definition) is 4. The van der Waals surface area contributed by atoms with Crippen molar-refractivity contribution in [3.05, 3.63) is 42.2 Å². The number of nitrogens with one attached hydrogen (secondary N) is 1. The Bertz CT molecular complexity index is 647. The standard InChI is InChI=1S/C15H16N2O4/c1-15(2,9-13(18)19)16-14(20)12-8-11(17-21-12)10-6-4-3-5-7-10/h3-8H,9H2,1-2H3,(H,16,20)(H,18,19). The summed E-state index contributed by atoms with van der Waals surface area (Å²) in [6.07, 6.45) is -0.182.